The highest BCUT2D eigenvalue weighted by atomic mass is 32.2. The Morgan fingerprint density at radius 1 is 0.971 bits per heavy atom. The Labute approximate surface area is 199 Å². The molecular formula is C25H27N3O5S. The maximum Gasteiger partial charge on any atom is 0.261 e. The number of pyridine rings is 1. The van der Waals surface area contributed by atoms with E-state index in [1.165, 1.54) is 29.7 Å². The third-order valence-corrected chi connectivity index (χ3v) is 7.49. The van der Waals surface area contributed by atoms with Gasteiger partial charge in [0.15, 0.2) is 0 Å². The lowest BCUT2D eigenvalue weighted by molar-refractivity contribution is 0.102. The Morgan fingerprint density at radius 3 is 2.41 bits per heavy atom. The number of carbonyl (C=O) groups is 1. The third kappa shape index (κ3) is 5.37. The van der Waals surface area contributed by atoms with Crippen LogP contribution in [0.2, 0.25) is 0 Å². The summed E-state index contributed by atoms with van der Waals surface area (Å²) in [5.41, 5.74) is 0.451. The summed E-state index contributed by atoms with van der Waals surface area (Å²) in [5, 5.41) is 2.76. The lowest BCUT2D eigenvalue weighted by Crippen LogP contribution is -2.32. The largest absolute Gasteiger partial charge is 0.495 e. The Balaban J connectivity index is 1.61. The van der Waals surface area contributed by atoms with Crippen LogP contribution in [-0.4, -0.2) is 43.8 Å². The molecule has 0 aliphatic carbocycles. The van der Waals surface area contributed by atoms with Crippen LogP contribution in [0.4, 0.5) is 5.69 Å². The molecule has 1 fully saturated rings. The van der Waals surface area contributed by atoms with E-state index in [1.54, 1.807) is 30.3 Å². The van der Waals surface area contributed by atoms with Gasteiger partial charge in [-0.25, -0.2) is 13.4 Å². The van der Waals surface area contributed by atoms with Crippen LogP contribution in [0, 0.1) is 0 Å². The predicted octanol–water partition coefficient (Wildman–Crippen LogP) is 4.70. The fourth-order valence-electron chi connectivity index (χ4n) is 3.81. The minimum absolute atomic E-state index is 0.109. The van der Waals surface area contributed by atoms with Gasteiger partial charge in [-0.3, -0.25) is 4.79 Å². The zero-order valence-electron chi connectivity index (χ0n) is 18.9. The number of amides is 1. The Morgan fingerprint density at radius 2 is 1.71 bits per heavy atom. The summed E-state index contributed by atoms with van der Waals surface area (Å²) in [4.78, 5) is 17.5. The Kier molecular flexibility index (Phi) is 7.44. The number of nitrogens with one attached hydrogen (secondary N) is 1. The lowest BCUT2D eigenvalue weighted by Gasteiger charge is -2.21. The van der Waals surface area contributed by atoms with Gasteiger partial charge in [-0.1, -0.05) is 31.0 Å². The van der Waals surface area contributed by atoms with Gasteiger partial charge in [0.25, 0.3) is 5.91 Å². The molecule has 9 heteroatoms. The van der Waals surface area contributed by atoms with Crippen LogP contribution in [0.3, 0.4) is 0 Å². The molecule has 3 aromatic rings. The summed E-state index contributed by atoms with van der Waals surface area (Å²) in [5.74, 6) is 0.524. The van der Waals surface area contributed by atoms with Gasteiger partial charge in [-0.2, -0.15) is 4.31 Å². The van der Waals surface area contributed by atoms with Gasteiger partial charge in [-0.05, 0) is 55.3 Å². The molecule has 1 amide bonds. The number of hydrogen-bond donors (Lipinski definition) is 1. The van der Waals surface area contributed by atoms with Gasteiger partial charge in [0.05, 0.1) is 17.7 Å². The van der Waals surface area contributed by atoms with E-state index < -0.39 is 15.9 Å². The van der Waals surface area contributed by atoms with Crippen LogP contribution in [0.15, 0.2) is 71.8 Å². The molecule has 34 heavy (non-hydrogen) atoms. The van der Waals surface area contributed by atoms with Gasteiger partial charge in [0.1, 0.15) is 17.1 Å². The molecule has 1 aromatic heterocycles. The average Bonchev–Trinajstić information content (AvgIpc) is 3.15. The molecular weight excluding hydrogens is 454 g/mol. The monoisotopic (exact) mass is 481 g/mol. The number of sulfonamides is 1. The highest BCUT2D eigenvalue weighted by molar-refractivity contribution is 7.89. The summed E-state index contributed by atoms with van der Waals surface area (Å²) in [6, 6.07) is 16.7. The third-order valence-electron chi connectivity index (χ3n) is 5.60. The van der Waals surface area contributed by atoms with Crippen molar-refractivity contribution in [3.8, 4) is 17.4 Å². The molecule has 1 N–H and O–H groups in total. The van der Waals surface area contributed by atoms with Gasteiger partial charge in [-0.15, -0.1) is 0 Å². The maximum absolute atomic E-state index is 13.2. The van der Waals surface area contributed by atoms with E-state index in [0.717, 1.165) is 25.7 Å². The second-order valence-electron chi connectivity index (χ2n) is 7.91. The zero-order chi connectivity index (χ0) is 24.0. The van der Waals surface area contributed by atoms with Gasteiger partial charge in [0, 0.05) is 19.3 Å². The summed E-state index contributed by atoms with van der Waals surface area (Å²) in [6.07, 6.45) is 5.25. The minimum atomic E-state index is -3.69. The normalized spacial score (nSPS) is 14.7. The quantitative estimate of drug-likeness (QED) is 0.525. The number of ether oxygens (including phenoxy) is 2. The Hall–Kier alpha value is -3.43. The number of methoxy groups -OCH3 is 1. The molecule has 0 spiro atoms. The number of anilines is 1. The predicted molar refractivity (Wildman–Crippen MR) is 129 cm³/mol. The lowest BCUT2D eigenvalue weighted by atomic mass is 10.2. The fourth-order valence-corrected chi connectivity index (χ4v) is 5.35. The summed E-state index contributed by atoms with van der Waals surface area (Å²) < 4.78 is 39.2. The highest BCUT2D eigenvalue weighted by Crippen LogP contribution is 2.31. The van der Waals surface area contributed by atoms with Crippen molar-refractivity contribution in [3.05, 3.63) is 72.4 Å². The first-order chi connectivity index (χ1) is 16.5. The van der Waals surface area contributed by atoms with Crippen LogP contribution in [0.25, 0.3) is 0 Å². The first kappa shape index (κ1) is 23.7. The topological polar surface area (TPSA) is 97.8 Å². The minimum Gasteiger partial charge on any atom is -0.495 e. The van der Waals surface area contributed by atoms with Crippen molar-refractivity contribution in [2.45, 2.75) is 30.6 Å². The van der Waals surface area contributed by atoms with E-state index in [9.17, 15) is 13.2 Å². The number of nitrogens with zero attached hydrogens (tertiary/aromatic N) is 2. The van der Waals surface area contributed by atoms with Crippen LogP contribution in [0.1, 0.15) is 36.0 Å². The van der Waals surface area contributed by atoms with Crippen molar-refractivity contribution in [2.24, 2.45) is 0 Å². The van der Waals surface area contributed by atoms with Gasteiger partial charge >= 0.3 is 0 Å². The summed E-state index contributed by atoms with van der Waals surface area (Å²) in [6.45, 7) is 0.984. The van der Waals surface area contributed by atoms with Crippen molar-refractivity contribution >= 4 is 21.6 Å². The van der Waals surface area contributed by atoms with E-state index >= 15 is 0 Å². The van der Waals surface area contributed by atoms with Crippen molar-refractivity contribution < 1.29 is 22.7 Å². The van der Waals surface area contributed by atoms with Crippen molar-refractivity contribution in [1.82, 2.24) is 9.29 Å². The number of rotatable bonds is 7. The van der Waals surface area contributed by atoms with Crippen LogP contribution >= 0.6 is 0 Å². The van der Waals surface area contributed by atoms with Crippen LogP contribution < -0.4 is 14.8 Å². The van der Waals surface area contributed by atoms with Crippen molar-refractivity contribution in [1.29, 1.82) is 0 Å². The Bertz CT molecular complexity index is 1240. The molecule has 1 aliphatic rings. The molecule has 2 heterocycles. The molecule has 0 bridgehead atoms. The number of aromatic nitrogens is 1. The molecule has 178 valence electrons. The number of carbonyl (C=O) groups excluding carboxylic acids is 1. The maximum atomic E-state index is 13.2. The van der Waals surface area contributed by atoms with E-state index in [2.05, 4.69) is 10.3 Å². The van der Waals surface area contributed by atoms with Crippen molar-refractivity contribution in [2.75, 3.05) is 25.5 Å². The number of para-hydroxylation sites is 1. The summed E-state index contributed by atoms with van der Waals surface area (Å²) in [7, 11) is -2.23. The van der Waals surface area contributed by atoms with Gasteiger partial charge < -0.3 is 14.8 Å². The molecule has 0 unspecified atom stereocenters. The number of hydrogen-bond acceptors (Lipinski definition) is 6. The van der Waals surface area contributed by atoms with Crippen molar-refractivity contribution in [3.63, 3.8) is 0 Å². The highest BCUT2D eigenvalue weighted by Gasteiger charge is 2.26. The molecule has 0 radical (unpaired) electrons. The average molecular weight is 482 g/mol. The molecule has 4 rings (SSSR count). The van der Waals surface area contributed by atoms with E-state index in [1.807, 2.05) is 18.2 Å². The molecule has 1 saturated heterocycles. The molecule has 8 nitrogen and oxygen atoms in total. The van der Waals surface area contributed by atoms with E-state index in [4.69, 9.17) is 9.47 Å². The molecule has 0 saturated carbocycles. The standard InChI is InChI=1S/C25H27N3O5S/c1-32-23-14-13-20(34(30,31)28-16-7-2-3-8-17-28)18-22(23)27-24(29)21-12-9-15-26-25(21)33-19-10-5-4-6-11-19/h4-6,9-15,18H,2-3,7-8,16-17H2,1H3,(H,27,29). The number of benzene rings is 2. The SMILES string of the molecule is COc1ccc(S(=O)(=O)N2CCCCCC2)cc1NC(=O)c1cccnc1Oc1ccccc1. The van der Waals surface area contributed by atoms with E-state index in [0.29, 0.717) is 24.6 Å². The van der Waals surface area contributed by atoms with Gasteiger partial charge in [0.2, 0.25) is 15.9 Å². The zero-order valence-corrected chi connectivity index (χ0v) is 19.8. The second-order valence-corrected chi connectivity index (χ2v) is 9.84. The second kappa shape index (κ2) is 10.7. The smallest absolute Gasteiger partial charge is 0.261 e. The first-order valence-electron chi connectivity index (χ1n) is 11.2. The van der Waals surface area contributed by atoms with Crippen LogP contribution in [0.5, 0.6) is 17.4 Å². The first-order valence-corrected chi connectivity index (χ1v) is 12.6. The molecule has 1 aliphatic heterocycles. The molecule has 0 atom stereocenters. The van der Waals surface area contributed by atoms with E-state index in [-0.39, 0.29) is 22.0 Å². The summed E-state index contributed by atoms with van der Waals surface area (Å²) >= 11 is 0. The molecule has 2 aromatic carbocycles. The fraction of sp³-hybridized carbons (Fsp3) is 0.280. The van der Waals surface area contributed by atoms with Crippen LogP contribution in [-0.2, 0) is 10.0 Å².